The van der Waals surface area contributed by atoms with Crippen molar-refractivity contribution in [3.05, 3.63) is 58.4 Å². The number of hydrogen-bond acceptors (Lipinski definition) is 5. The van der Waals surface area contributed by atoms with Gasteiger partial charge in [0.25, 0.3) is 0 Å². The molecular formula is C20H19BrN4OS. The molecule has 3 aromatic rings. The van der Waals surface area contributed by atoms with Crippen LogP contribution in [-0.4, -0.2) is 29.2 Å². The molecule has 1 aliphatic heterocycles. The van der Waals surface area contributed by atoms with Gasteiger partial charge in [0.05, 0.1) is 4.88 Å². The molecule has 7 heteroatoms. The highest BCUT2D eigenvalue weighted by atomic mass is 79.9. The second kappa shape index (κ2) is 8.19. The molecule has 138 valence electrons. The molecule has 1 aliphatic rings. The summed E-state index contributed by atoms with van der Waals surface area (Å²) in [4.78, 5) is 15.9. The molecule has 0 radical (unpaired) electrons. The average molecular weight is 443 g/mol. The Morgan fingerprint density at radius 2 is 1.96 bits per heavy atom. The van der Waals surface area contributed by atoms with Gasteiger partial charge in [0, 0.05) is 29.2 Å². The van der Waals surface area contributed by atoms with Crippen molar-refractivity contribution in [1.82, 2.24) is 10.2 Å². The normalized spacial score (nSPS) is 14.9. The Balaban J connectivity index is 1.34. The molecule has 1 saturated heterocycles. The third-order valence-corrected chi connectivity index (χ3v) is 6.09. The molecule has 4 rings (SSSR count). The van der Waals surface area contributed by atoms with Crippen molar-refractivity contribution in [2.24, 2.45) is 5.92 Å². The number of anilines is 2. The lowest BCUT2D eigenvalue weighted by Crippen LogP contribution is -2.38. The molecule has 0 aliphatic carbocycles. The van der Waals surface area contributed by atoms with Crippen LogP contribution in [0.15, 0.2) is 58.4 Å². The smallest absolute Gasteiger partial charge is 0.227 e. The second-order valence-electron chi connectivity index (χ2n) is 6.51. The number of aromatic nitrogens is 2. The number of hydrogen-bond donors (Lipinski definition) is 1. The molecule has 0 bridgehead atoms. The Bertz CT molecular complexity index is 906. The van der Waals surface area contributed by atoms with Crippen molar-refractivity contribution in [1.29, 1.82) is 0 Å². The van der Waals surface area contributed by atoms with Gasteiger partial charge in [-0.05, 0) is 54.6 Å². The summed E-state index contributed by atoms with van der Waals surface area (Å²) in [5.41, 5.74) is 1.73. The molecule has 1 fully saturated rings. The SMILES string of the molecule is O=C(Nc1cccc(Br)c1)C1CCN(c2ccc(-c3cccs3)nn2)CC1. The molecule has 27 heavy (non-hydrogen) atoms. The molecule has 3 heterocycles. The maximum absolute atomic E-state index is 12.5. The fourth-order valence-electron chi connectivity index (χ4n) is 3.23. The standard InChI is InChI=1S/C20H19BrN4OS/c21-15-3-1-4-16(13-15)22-20(26)14-8-10-25(11-9-14)19-7-6-17(23-24-19)18-5-2-12-27-18/h1-7,12-14H,8-11H2,(H,22,26). The van der Waals surface area contributed by atoms with Crippen LogP contribution in [0.1, 0.15) is 12.8 Å². The minimum absolute atomic E-state index is 0.0265. The Labute approximate surface area is 170 Å². The maximum Gasteiger partial charge on any atom is 0.227 e. The topological polar surface area (TPSA) is 58.1 Å². The van der Waals surface area contributed by atoms with E-state index in [1.165, 1.54) is 0 Å². The summed E-state index contributed by atoms with van der Waals surface area (Å²) in [6.07, 6.45) is 1.63. The first-order chi connectivity index (χ1) is 13.2. The Morgan fingerprint density at radius 1 is 1.11 bits per heavy atom. The number of benzene rings is 1. The van der Waals surface area contributed by atoms with Crippen molar-refractivity contribution in [2.45, 2.75) is 12.8 Å². The fourth-order valence-corrected chi connectivity index (χ4v) is 4.32. The van der Waals surface area contributed by atoms with Crippen LogP contribution in [0, 0.1) is 5.92 Å². The van der Waals surface area contributed by atoms with Gasteiger partial charge in [-0.2, -0.15) is 0 Å². The van der Waals surface area contributed by atoms with E-state index in [-0.39, 0.29) is 11.8 Å². The lowest BCUT2D eigenvalue weighted by molar-refractivity contribution is -0.120. The number of amides is 1. The molecule has 1 N–H and O–H groups in total. The molecular weight excluding hydrogens is 424 g/mol. The van der Waals surface area contributed by atoms with Crippen LogP contribution < -0.4 is 10.2 Å². The van der Waals surface area contributed by atoms with Crippen LogP contribution in [0.5, 0.6) is 0 Å². The molecule has 0 unspecified atom stereocenters. The van der Waals surface area contributed by atoms with Gasteiger partial charge in [0.2, 0.25) is 5.91 Å². The highest BCUT2D eigenvalue weighted by molar-refractivity contribution is 9.10. The maximum atomic E-state index is 12.5. The van der Waals surface area contributed by atoms with E-state index in [9.17, 15) is 4.79 Å². The molecule has 0 saturated carbocycles. The monoisotopic (exact) mass is 442 g/mol. The van der Waals surface area contributed by atoms with Crippen LogP contribution >= 0.6 is 27.3 Å². The van der Waals surface area contributed by atoms with E-state index in [1.54, 1.807) is 11.3 Å². The zero-order valence-electron chi connectivity index (χ0n) is 14.6. The van der Waals surface area contributed by atoms with E-state index in [2.05, 4.69) is 36.3 Å². The summed E-state index contributed by atoms with van der Waals surface area (Å²) in [5.74, 6) is 0.992. The first kappa shape index (κ1) is 18.1. The van der Waals surface area contributed by atoms with Gasteiger partial charge in [-0.25, -0.2) is 0 Å². The van der Waals surface area contributed by atoms with Gasteiger partial charge >= 0.3 is 0 Å². The van der Waals surface area contributed by atoms with E-state index < -0.39 is 0 Å². The fraction of sp³-hybridized carbons (Fsp3) is 0.250. The number of thiophene rings is 1. The molecule has 1 amide bonds. The van der Waals surface area contributed by atoms with E-state index in [1.807, 2.05) is 53.9 Å². The summed E-state index contributed by atoms with van der Waals surface area (Å²) in [6, 6.07) is 15.8. The second-order valence-corrected chi connectivity index (χ2v) is 8.38. The number of carbonyl (C=O) groups excluding carboxylic acids is 1. The minimum atomic E-state index is 0.0265. The van der Waals surface area contributed by atoms with Crippen LogP contribution in [-0.2, 0) is 4.79 Å². The third kappa shape index (κ3) is 4.36. The Kier molecular flexibility index (Phi) is 5.50. The lowest BCUT2D eigenvalue weighted by Gasteiger charge is -2.31. The summed E-state index contributed by atoms with van der Waals surface area (Å²) in [6.45, 7) is 1.62. The number of nitrogens with one attached hydrogen (secondary N) is 1. The summed E-state index contributed by atoms with van der Waals surface area (Å²) in [5, 5.41) is 13.8. The van der Waals surface area contributed by atoms with E-state index in [0.717, 1.165) is 52.5 Å². The third-order valence-electron chi connectivity index (χ3n) is 4.71. The zero-order valence-corrected chi connectivity index (χ0v) is 17.0. The minimum Gasteiger partial charge on any atom is -0.355 e. The first-order valence-electron chi connectivity index (χ1n) is 8.88. The molecule has 5 nitrogen and oxygen atoms in total. The summed E-state index contributed by atoms with van der Waals surface area (Å²) in [7, 11) is 0. The summed E-state index contributed by atoms with van der Waals surface area (Å²) < 4.78 is 0.958. The zero-order chi connectivity index (χ0) is 18.6. The highest BCUT2D eigenvalue weighted by Gasteiger charge is 2.26. The van der Waals surface area contributed by atoms with Crippen molar-refractivity contribution >= 4 is 44.7 Å². The van der Waals surface area contributed by atoms with Crippen LogP contribution in [0.25, 0.3) is 10.6 Å². The van der Waals surface area contributed by atoms with Gasteiger partial charge in [0.1, 0.15) is 5.69 Å². The van der Waals surface area contributed by atoms with Crippen molar-refractivity contribution in [3.8, 4) is 10.6 Å². The molecule has 1 aromatic carbocycles. The van der Waals surface area contributed by atoms with Gasteiger partial charge in [-0.1, -0.05) is 28.1 Å². The van der Waals surface area contributed by atoms with E-state index >= 15 is 0 Å². The van der Waals surface area contributed by atoms with Crippen molar-refractivity contribution in [2.75, 3.05) is 23.3 Å². The first-order valence-corrected chi connectivity index (χ1v) is 10.6. The van der Waals surface area contributed by atoms with Gasteiger partial charge in [-0.3, -0.25) is 4.79 Å². The molecule has 0 spiro atoms. The Morgan fingerprint density at radius 3 is 2.63 bits per heavy atom. The molecule has 0 atom stereocenters. The van der Waals surface area contributed by atoms with Crippen LogP contribution in [0.3, 0.4) is 0 Å². The summed E-state index contributed by atoms with van der Waals surface area (Å²) >= 11 is 5.09. The predicted octanol–water partition coefficient (Wildman–Crippen LogP) is 4.82. The van der Waals surface area contributed by atoms with E-state index in [4.69, 9.17) is 0 Å². The number of halogens is 1. The Hall–Kier alpha value is -2.25. The van der Waals surface area contributed by atoms with Gasteiger partial charge in [-0.15, -0.1) is 21.5 Å². The van der Waals surface area contributed by atoms with Gasteiger partial charge in [0.15, 0.2) is 5.82 Å². The van der Waals surface area contributed by atoms with Gasteiger partial charge < -0.3 is 10.2 Å². The predicted molar refractivity (Wildman–Crippen MR) is 113 cm³/mol. The number of nitrogens with zero attached hydrogens (tertiary/aromatic N) is 3. The number of piperidine rings is 1. The van der Waals surface area contributed by atoms with Crippen molar-refractivity contribution in [3.63, 3.8) is 0 Å². The number of rotatable bonds is 4. The highest BCUT2D eigenvalue weighted by Crippen LogP contribution is 2.26. The lowest BCUT2D eigenvalue weighted by atomic mass is 9.96. The van der Waals surface area contributed by atoms with Crippen LogP contribution in [0.4, 0.5) is 11.5 Å². The van der Waals surface area contributed by atoms with E-state index in [0.29, 0.717) is 0 Å². The largest absolute Gasteiger partial charge is 0.355 e. The molecule has 2 aromatic heterocycles. The average Bonchev–Trinajstić information content (AvgIpc) is 3.23. The quantitative estimate of drug-likeness (QED) is 0.628. The number of carbonyl (C=O) groups is 1. The van der Waals surface area contributed by atoms with Crippen LogP contribution in [0.2, 0.25) is 0 Å². The van der Waals surface area contributed by atoms with Crippen molar-refractivity contribution < 1.29 is 4.79 Å².